The zero-order valence-corrected chi connectivity index (χ0v) is 12.9. The SMILES string of the molecule is CNCC(Cc1ccn(C(C)C)n1)c1cccc(C)c1. The largest absolute Gasteiger partial charge is 0.319 e. The summed E-state index contributed by atoms with van der Waals surface area (Å²) in [5, 5.41) is 7.97. The fourth-order valence-electron chi connectivity index (χ4n) is 2.50. The van der Waals surface area contributed by atoms with Crippen molar-refractivity contribution < 1.29 is 0 Å². The van der Waals surface area contributed by atoms with Crippen LogP contribution in [0.4, 0.5) is 0 Å². The first-order valence-corrected chi connectivity index (χ1v) is 7.35. The molecule has 0 amide bonds. The van der Waals surface area contributed by atoms with Gasteiger partial charge in [-0.05, 0) is 45.9 Å². The summed E-state index contributed by atoms with van der Waals surface area (Å²) in [6, 6.07) is 11.3. The van der Waals surface area contributed by atoms with E-state index >= 15 is 0 Å². The first-order valence-electron chi connectivity index (χ1n) is 7.35. The van der Waals surface area contributed by atoms with Crippen LogP contribution in [0.2, 0.25) is 0 Å². The molecule has 1 atom stereocenters. The third-order valence-corrected chi connectivity index (χ3v) is 3.61. The fourth-order valence-corrected chi connectivity index (χ4v) is 2.50. The van der Waals surface area contributed by atoms with Crippen molar-refractivity contribution in [3.05, 3.63) is 53.3 Å². The van der Waals surface area contributed by atoms with Crippen LogP contribution in [0.5, 0.6) is 0 Å². The number of nitrogens with one attached hydrogen (secondary N) is 1. The minimum atomic E-state index is 0.422. The van der Waals surface area contributed by atoms with E-state index in [1.54, 1.807) is 0 Å². The van der Waals surface area contributed by atoms with E-state index in [9.17, 15) is 0 Å². The Bertz CT molecular complexity index is 543. The van der Waals surface area contributed by atoms with E-state index in [-0.39, 0.29) is 0 Å². The van der Waals surface area contributed by atoms with Gasteiger partial charge in [0.15, 0.2) is 0 Å². The van der Waals surface area contributed by atoms with Crippen LogP contribution in [0.15, 0.2) is 36.5 Å². The van der Waals surface area contributed by atoms with Crippen molar-refractivity contribution in [1.29, 1.82) is 0 Å². The van der Waals surface area contributed by atoms with Gasteiger partial charge in [-0.15, -0.1) is 0 Å². The van der Waals surface area contributed by atoms with Gasteiger partial charge in [0, 0.05) is 24.7 Å². The van der Waals surface area contributed by atoms with E-state index in [4.69, 9.17) is 0 Å². The molecule has 1 heterocycles. The molecule has 0 spiro atoms. The molecule has 3 heteroatoms. The van der Waals surface area contributed by atoms with Gasteiger partial charge in [-0.25, -0.2) is 0 Å². The molecule has 0 aliphatic rings. The van der Waals surface area contributed by atoms with Crippen LogP contribution in [0.25, 0.3) is 0 Å². The Hall–Kier alpha value is -1.61. The highest BCUT2D eigenvalue weighted by atomic mass is 15.3. The van der Waals surface area contributed by atoms with Crippen molar-refractivity contribution in [2.45, 2.75) is 39.2 Å². The van der Waals surface area contributed by atoms with Gasteiger partial charge in [0.2, 0.25) is 0 Å². The predicted octanol–water partition coefficient (Wildman–Crippen LogP) is 3.32. The van der Waals surface area contributed by atoms with Gasteiger partial charge < -0.3 is 5.32 Å². The Morgan fingerprint density at radius 1 is 1.25 bits per heavy atom. The van der Waals surface area contributed by atoms with Crippen molar-refractivity contribution in [2.24, 2.45) is 0 Å². The summed E-state index contributed by atoms with van der Waals surface area (Å²) in [6.07, 6.45) is 3.05. The monoisotopic (exact) mass is 271 g/mol. The highest BCUT2D eigenvalue weighted by Gasteiger charge is 2.14. The second-order valence-corrected chi connectivity index (χ2v) is 5.75. The maximum Gasteiger partial charge on any atom is 0.0631 e. The van der Waals surface area contributed by atoms with Gasteiger partial charge in [-0.2, -0.15) is 5.10 Å². The molecule has 0 saturated carbocycles. The average Bonchev–Trinajstić information content (AvgIpc) is 2.87. The molecular formula is C17H25N3. The van der Waals surface area contributed by atoms with Crippen molar-refractivity contribution in [3.8, 4) is 0 Å². The molecule has 1 aromatic carbocycles. The number of aryl methyl sites for hydroxylation is 1. The third kappa shape index (κ3) is 3.70. The zero-order valence-electron chi connectivity index (χ0n) is 12.9. The summed E-state index contributed by atoms with van der Waals surface area (Å²) in [4.78, 5) is 0. The Morgan fingerprint density at radius 3 is 2.65 bits per heavy atom. The summed E-state index contributed by atoms with van der Waals surface area (Å²) in [6.45, 7) is 7.43. The molecule has 0 bridgehead atoms. The first-order chi connectivity index (χ1) is 9.60. The molecule has 0 aliphatic heterocycles. The van der Waals surface area contributed by atoms with Crippen molar-refractivity contribution in [1.82, 2.24) is 15.1 Å². The molecule has 2 rings (SSSR count). The van der Waals surface area contributed by atoms with Gasteiger partial charge >= 0.3 is 0 Å². The molecule has 0 aliphatic carbocycles. The molecular weight excluding hydrogens is 246 g/mol. The molecule has 1 N–H and O–H groups in total. The number of rotatable bonds is 6. The summed E-state index contributed by atoms with van der Waals surface area (Å²) in [7, 11) is 2.01. The topological polar surface area (TPSA) is 29.9 Å². The summed E-state index contributed by atoms with van der Waals surface area (Å²) in [5.74, 6) is 0.468. The lowest BCUT2D eigenvalue weighted by atomic mass is 9.93. The molecule has 3 nitrogen and oxygen atoms in total. The van der Waals surface area contributed by atoms with E-state index in [0.717, 1.165) is 13.0 Å². The molecule has 0 fully saturated rings. The molecule has 108 valence electrons. The van der Waals surface area contributed by atoms with E-state index in [2.05, 4.69) is 67.7 Å². The Balaban J connectivity index is 2.16. The maximum atomic E-state index is 4.67. The average molecular weight is 271 g/mol. The van der Waals surface area contributed by atoms with Gasteiger partial charge in [-0.1, -0.05) is 29.8 Å². The van der Waals surface area contributed by atoms with Gasteiger partial charge in [-0.3, -0.25) is 4.68 Å². The molecule has 0 radical (unpaired) electrons. The third-order valence-electron chi connectivity index (χ3n) is 3.61. The van der Waals surface area contributed by atoms with E-state index in [0.29, 0.717) is 12.0 Å². The number of benzene rings is 1. The van der Waals surface area contributed by atoms with Gasteiger partial charge in [0.25, 0.3) is 0 Å². The lowest BCUT2D eigenvalue weighted by Gasteiger charge is -2.16. The van der Waals surface area contributed by atoms with Crippen molar-refractivity contribution >= 4 is 0 Å². The van der Waals surface area contributed by atoms with Crippen molar-refractivity contribution in [3.63, 3.8) is 0 Å². The fraction of sp³-hybridized carbons (Fsp3) is 0.471. The van der Waals surface area contributed by atoms with E-state index < -0.39 is 0 Å². The van der Waals surface area contributed by atoms with Crippen LogP contribution < -0.4 is 5.32 Å². The van der Waals surface area contributed by atoms with Crippen LogP contribution in [0, 0.1) is 6.92 Å². The van der Waals surface area contributed by atoms with Gasteiger partial charge in [0.1, 0.15) is 0 Å². The van der Waals surface area contributed by atoms with Crippen molar-refractivity contribution in [2.75, 3.05) is 13.6 Å². The lowest BCUT2D eigenvalue weighted by Crippen LogP contribution is -2.19. The molecule has 20 heavy (non-hydrogen) atoms. The summed E-state index contributed by atoms with van der Waals surface area (Å²) in [5.41, 5.74) is 3.87. The Kier molecular flexibility index (Phi) is 4.96. The summed E-state index contributed by atoms with van der Waals surface area (Å²) >= 11 is 0. The van der Waals surface area contributed by atoms with Gasteiger partial charge in [0.05, 0.1) is 5.69 Å². The minimum absolute atomic E-state index is 0.422. The minimum Gasteiger partial charge on any atom is -0.319 e. The Labute approximate surface area is 122 Å². The lowest BCUT2D eigenvalue weighted by molar-refractivity contribution is 0.520. The second kappa shape index (κ2) is 6.71. The first kappa shape index (κ1) is 14.8. The molecule has 1 aromatic heterocycles. The highest BCUT2D eigenvalue weighted by molar-refractivity contribution is 5.27. The quantitative estimate of drug-likeness (QED) is 0.873. The smallest absolute Gasteiger partial charge is 0.0631 e. The van der Waals surface area contributed by atoms with Crippen LogP contribution >= 0.6 is 0 Å². The summed E-state index contributed by atoms with van der Waals surface area (Å²) < 4.78 is 2.03. The van der Waals surface area contributed by atoms with Crippen LogP contribution in [-0.2, 0) is 6.42 Å². The number of likely N-dealkylation sites (N-methyl/N-ethyl adjacent to an activating group) is 1. The molecule has 1 unspecified atom stereocenters. The normalized spacial score (nSPS) is 12.8. The maximum absolute atomic E-state index is 4.67. The standard InChI is InChI=1S/C17H25N3/c1-13(2)20-9-8-17(19-20)11-16(12-18-4)15-7-5-6-14(3)10-15/h5-10,13,16,18H,11-12H2,1-4H3. The van der Waals surface area contributed by atoms with E-state index in [1.807, 2.05) is 11.7 Å². The van der Waals surface area contributed by atoms with Crippen LogP contribution in [0.1, 0.15) is 42.6 Å². The molecule has 2 aromatic rings. The number of hydrogen-bond donors (Lipinski definition) is 1. The van der Waals surface area contributed by atoms with Crippen LogP contribution in [0.3, 0.4) is 0 Å². The zero-order chi connectivity index (χ0) is 14.5. The van der Waals surface area contributed by atoms with E-state index in [1.165, 1.54) is 16.8 Å². The number of hydrogen-bond acceptors (Lipinski definition) is 2. The second-order valence-electron chi connectivity index (χ2n) is 5.75. The number of nitrogens with zero attached hydrogens (tertiary/aromatic N) is 2. The highest BCUT2D eigenvalue weighted by Crippen LogP contribution is 2.21. The Morgan fingerprint density at radius 2 is 2.05 bits per heavy atom. The predicted molar refractivity (Wildman–Crippen MR) is 84.2 cm³/mol. The number of aromatic nitrogens is 2. The molecule has 0 saturated heterocycles. The van der Waals surface area contributed by atoms with Crippen LogP contribution in [-0.4, -0.2) is 23.4 Å².